The summed E-state index contributed by atoms with van der Waals surface area (Å²) in [6, 6.07) is 4.56. The van der Waals surface area contributed by atoms with E-state index in [1.165, 1.54) is 12.1 Å². The van der Waals surface area contributed by atoms with Crippen LogP contribution in [0, 0.1) is 0 Å². The Kier molecular flexibility index (Phi) is 2.60. The normalized spacial score (nSPS) is 14.7. The van der Waals surface area contributed by atoms with E-state index in [9.17, 15) is 14.7 Å². The van der Waals surface area contributed by atoms with E-state index in [4.69, 9.17) is 0 Å². The van der Waals surface area contributed by atoms with Gasteiger partial charge in [-0.15, -0.1) is 0 Å². The maximum Gasteiger partial charge on any atom is 0.193 e. The van der Waals surface area contributed by atoms with Gasteiger partial charge in [-0.2, -0.15) is 0 Å². The lowest BCUT2D eigenvalue weighted by Gasteiger charge is -2.15. The molecular weight excluding hydrogens is 204 g/mol. The summed E-state index contributed by atoms with van der Waals surface area (Å²) in [5.41, 5.74) is 0.935. The lowest BCUT2D eigenvalue weighted by molar-refractivity contribution is 0.0978. The van der Waals surface area contributed by atoms with Gasteiger partial charge >= 0.3 is 0 Å². The molecule has 0 aliphatic heterocycles. The number of ketones is 2. The Bertz CT molecular complexity index is 498. The van der Waals surface area contributed by atoms with Gasteiger partial charge in [-0.1, -0.05) is 25.5 Å². The molecule has 0 atom stereocenters. The van der Waals surface area contributed by atoms with Crippen molar-refractivity contribution in [1.29, 1.82) is 0 Å². The summed E-state index contributed by atoms with van der Waals surface area (Å²) in [5.74, 6) is -0.541. The van der Waals surface area contributed by atoms with Crippen LogP contribution in [0.3, 0.4) is 0 Å². The van der Waals surface area contributed by atoms with Gasteiger partial charge in [0.15, 0.2) is 11.6 Å². The standard InChI is InChI=1S/C13H12O3/c1-2-4-8-7-11(15)9-5-3-6-10(14)12(9)13(8)16/h3,5-7,14H,2,4H2,1H3. The highest BCUT2D eigenvalue weighted by Gasteiger charge is 2.27. The van der Waals surface area contributed by atoms with Gasteiger partial charge in [0.05, 0.1) is 5.56 Å². The average molecular weight is 216 g/mol. The number of phenols is 1. The fourth-order valence-electron chi connectivity index (χ4n) is 1.90. The van der Waals surface area contributed by atoms with Crippen molar-refractivity contribution in [3.63, 3.8) is 0 Å². The number of Topliss-reactive ketones (excluding diaryl/α,β-unsaturated/α-hetero) is 1. The topological polar surface area (TPSA) is 54.4 Å². The van der Waals surface area contributed by atoms with Gasteiger partial charge in [0.2, 0.25) is 0 Å². The average Bonchev–Trinajstić information content (AvgIpc) is 2.25. The van der Waals surface area contributed by atoms with Gasteiger partial charge in [0, 0.05) is 11.1 Å². The van der Waals surface area contributed by atoms with Gasteiger partial charge in [-0.05, 0) is 18.6 Å². The minimum absolute atomic E-state index is 0.113. The van der Waals surface area contributed by atoms with E-state index >= 15 is 0 Å². The van der Waals surface area contributed by atoms with Crippen molar-refractivity contribution < 1.29 is 14.7 Å². The smallest absolute Gasteiger partial charge is 0.193 e. The zero-order valence-corrected chi connectivity index (χ0v) is 8.99. The Morgan fingerprint density at radius 1 is 1.25 bits per heavy atom. The molecule has 1 aliphatic rings. The second kappa shape index (κ2) is 3.93. The van der Waals surface area contributed by atoms with Crippen molar-refractivity contribution >= 4 is 11.6 Å². The number of phenolic OH excluding ortho intramolecular Hbond substituents is 1. The summed E-state index contributed by atoms with van der Waals surface area (Å²) >= 11 is 0. The molecule has 0 unspecified atom stereocenters. The lowest BCUT2D eigenvalue weighted by Crippen LogP contribution is -2.17. The molecule has 0 spiro atoms. The molecule has 1 aromatic rings. The van der Waals surface area contributed by atoms with E-state index in [1.807, 2.05) is 6.92 Å². The van der Waals surface area contributed by atoms with E-state index < -0.39 is 0 Å². The number of aromatic hydroxyl groups is 1. The van der Waals surface area contributed by atoms with Crippen LogP contribution < -0.4 is 0 Å². The third kappa shape index (κ3) is 1.54. The van der Waals surface area contributed by atoms with Gasteiger partial charge in [-0.3, -0.25) is 9.59 Å². The van der Waals surface area contributed by atoms with Gasteiger partial charge in [0.25, 0.3) is 0 Å². The van der Waals surface area contributed by atoms with E-state index in [0.29, 0.717) is 17.6 Å². The van der Waals surface area contributed by atoms with Crippen LogP contribution in [-0.2, 0) is 0 Å². The Hall–Kier alpha value is -1.90. The summed E-state index contributed by atoms with van der Waals surface area (Å²) in [6.45, 7) is 1.94. The molecule has 82 valence electrons. The van der Waals surface area contributed by atoms with Crippen LogP contribution in [0.4, 0.5) is 0 Å². The molecular formula is C13H12O3. The number of benzene rings is 1. The second-order valence-electron chi connectivity index (χ2n) is 3.81. The second-order valence-corrected chi connectivity index (χ2v) is 3.81. The van der Waals surface area contributed by atoms with Gasteiger partial charge in [0.1, 0.15) is 5.75 Å². The molecule has 1 N–H and O–H groups in total. The molecule has 0 heterocycles. The van der Waals surface area contributed by atoms with Crippen LogP contribution in [0.1, 0.15) is 40.5 Å². The zero-order chi connectivity index (χ0) is 11.7. The summed E-state index contributed by atoms with van der Waals surface area (Å²) in [4.78, 5) is 23.7. The summed E-state index contributed by atoms with van der Waals surface area (Å²) in [5, 5.41) is 9.63. The highest BCUT2D eigenvalue weighted by molar-refractivity contribution is 6.25. The maximum atomic E-state index is 12.0. The first kappa shape index (κ1) is 10.6. The van der Waals surface area contributed by atoms with Crippen LogP contribution in [0.15, 0.2) is 29.8 Å². The molecule has 0 fully saturated rings. The van der Waals surface area contributed by atoms with Crippen molar-refractivity contribution in [2.24, 2.45) is 0 Å². The Morgan fingerprint density at radius 2 is 2.00 bits per heavy atom. The van der Waals surface area contributed by atoms with Crippen LogP contribution in [-0.4, -0.2) is 16.7 Å². The number of allylic oxidation sites excluding steroid dienone is 2. The third-order valence-electron chi connectivity index (χ3n) is 2.65. The quantitative estimate of drug-likeness (QED) is 0.826. The van der Waals surface area contributed by atoms with Gasteiger partial charge < -0.3 is 5.11 Å². The fourth-order valence-corrected chi connectivity index (χ4v) is 1.90. The monoisotopic (exact) mass is 216 g/mol. The Morgan fingerprint density at radius 3 is 2.69 bits per heavy atom. The summed E-state index contributed by atoms with van der Waals surface area (Å²) in [6.07, 6.45) is 2.75. The van der Waals surface area contributed by atoms with Crippen LogP contribution >= 0.6 is 0 Å². The molecule has 16 heavy (non-hydrogen) atoms. The molecule has 0 radical (unpaired) electrons. The first-order valence-electron chi connectivity index (χ1n) is 5.26. The van der Waals surface area contributed by atoms with Crippen molar-refractivity contribution in [2.75, 3.05) is 0 Å². The zero-order valence-electron chi connectivity index (χ0n) is 8.99. The van der Waals surface area contributed by atoms with Gasteiger partial charge in [-0.25, -0.2) is 0 Å². The number of rotatable bonds is 2. The van der Waals surface area contributed by atoms with E-state index in [2.05, 4.69) is 0 Å². The molecule has 0 saturated heterocycles. The summed E-state index contributed by atoms with van der Waals surface area (Å²) < 4.78 is 0. The highest BCUT2D eigenvalue weighted by atomic mass is 16.3. The third-order valence-corrected chi connectivity index (χ3v) is 2.65. The first-order valence-corrected chi connectivity index (χ1v) is 5.26. The Labute approximate surface area is 93.4 Å². The molecule has 0 aromatic heterocycles. The minimum Gasteiger partial charge on any atom is -0.507 e. The maximum absolute atomic E-state index is 12.0. The van der Waals surface area contributed by atoms with Crippen LogP contribution in [0.2, 0.25) is 0 Å². The largest absolute Gasteiger partial charge is 0.507 e. The Balaban J connectivity index is 2.57. The molecule has 0 amide bonds. The molecule has 0 saturated carbocycles. The van der Waals surface area contributed by atoms with Crippen molar-refractivity contribution in [2.45, 2.75) is 19.8 Å². The van der Waals surface area contributed by atoms with Crippen molar-refractivity contribution in [1.82, 2.24) is 0 Å². The fraction of sp³-hybridized carbons (Fsp3) is 0.231. The molecule has 0 bridgehead atoms. The van der Waals surface area contributed by atoms with E-state index in [0.717, 1.165) is 6.42 Å². The number of hydrogen-bond donors (Lipinski definition) is 1. The van der Waals surface area contributed by atoms with E-state index in [1.54, 1.807) is 12.1 Å². The van der Waals surface area contributed by atoms with Crippen LogP contribution in [0.5, 0.6) is 5.75 Å². The predicted octanol–water partition coefficient (Wildman–Crippen LogP) is 2.50. The minimum atomic E-state index is -0.227. The molecule has 3 nitrogen and oxygen atoms in total. The number of hydrogen-bond acceptors (Lipinski definition) is 3. The van der Waals surface area contributed by atoms with Crippen LogP contribution in [0.25, 0.3) is 0 Å². The number of carbonyl (C=O) groups is 2. The highest BCUT2D eigenvalue weighted by Crippen LogP contribution is 2.29. The van der Waals surface area contributed by atoms with E-state index in [-0.39, 0.29) is 22.9 Å². The van der Waals surface area contributed by atoms with Crippen molar-refractivity contribution in [3.8, 4) is 5.75 Å². The first-order chi connectivity index (χ1) is 7.65. The molecule has 1 aromatic carbocycles. The van der Waals surface area contributed by atoms with Crippen molar-refractivity contribution in [3.05, 3.63) is 41.0 Å². The predicted molar refractivity (Wildman–Crippen MR) is 59.8 cm³/mol. The molecule has 3 heteroatoms. The number of carbonyl (C=O) groups excluding carboxylic acids is 2. The number of fused-ring (bicyclic) bond motifs is 1. The lowest BCUT2D eigenvalue weighted by atomic mass is 9.87. The molecule has 2 rings (SSSR count). The SMILES string of the molecule is CCCC1=CC(=O)c2cccc(O)c2C1=O. The summed E-state index contributed by atoms with van der Waals surface area (Å²) in [7, 11) is 0. The molecule has 1 aliphatic carbocycles.